The van der Waals surface area contributed by atoms with Crippen LogP contribution in [0.2, 0.25) is 0 Å². The molecule has 27 heavy (non-hydrogen) atoms. The Morgan fingerprint density at radius 1 is 0.815 bits per heavy atom. The quantitative estimate of drug-likeness (QED) is 0.453. The second-order valence-corrected chi connectivity index (χ2v) is 8.56. The first kappa shape index (κ1) is 16.0. The van der Waals surface area contributed by atoms with Crippen molar-refractivity contribution in [1.82, 2.24) is 9.78 Å². The molecule has 0 aliphatic carbocycles. The molecule has 0 N–H and O–H groups in total. The standard InChI is InChI=1S/C22H16N2O2S/c1-15-6-2-4-8-20(15)24-14-17(13-23-24)16-10-11-19-18-7-3-5-9-21(18)27(25,26)22(19)12-16/h2-14H,1H3. The number of nitrogens with zero attached hydrogens (tertiary/aromatic N) is 2. The zero-order valence-corrected chi connectivity index (χ0v) is 15.4. The van der Waals surface area contributed by atoms with Gasteiger partial charge in [-0.3, -0.25) is 0 Å². The Hall–Kier alpha value is -3.18. The van der Waals surface area contributed by atoms with Crippen molar-refractivity contribution in [2.75, 3.05) is 0 Å². The highest BCUT2D eigenvalue weighted by Gasteiger charge is 2.32. The number of hydrogen-bond donors (Lipinski definition) is 0. The fourth-order valence-electron chi connectivity index (χ4n) is 3.61. The van der Waals surface area contributed by atoms with E-state index in [4.69, 9.17) is 0 Å². The number of benzene rings is 3. The minimum atomic E-state index is -3.47. The highest BCUT2D eigenvalue weighted by atomic mass is 32.2. The summed E-state index contributed by atoms with van der Waals surface area (Å²) in [6, 6.07) is 20.8. The van der Waals surface area contributed by atoms with E-state index in [-0.39, 0.29) is 0 Å². The minimum Gasteiger partial charge on any atom is -0.240 e. The predicted octanol–water partition coefficient (Wildman–Crippen LogP) is 4.66. The molecule has 0 unspecified atom stereocenters. The average Bonchev–Trinajstić information content (AvgIpc) is 3.25. The molecule has 5 heteroatoms. The third kappa shape index (κ3) is 2.35. The van der Waals surface area contributed by atoms with Gasteiger partial charge in [-0.15, -0.1) is 0 Å². The maximum atomic E-state index is 12.9. The molecule has 5 rings (SSSR count). The molecular formula is C22H16N2O2S. The van der Waals surface area contributed by atoms with Gasteiger partial charge in [-0.05, 0) is 36.2 Å². The van der Waals surface area contributed by atoms with Crippen LogP contribution in [0, 0.1) is 6.92 Å². The molecule has 4 aromatic rings. The lowest BCUT2D eigenvalue weighted by Crippen LogP contribution is -1.97. The van der Waals surface area contributed by atoms with Crippen LogP contribution >= 0.6 is 0 Å². The molecule has 0 radical (unpaired) electrons. The zero-order valence-electron chi connectivity index (χ0n) is 14.6. The first-order chi connectivity index (χ1) is 13.1. The molecule has 2 heterocycles. The monoisotopic (exact) mass is 372 g/mol. The Morgan fingerprint density at radius 2 is 1.56 bits per heavy atom. The molecule has 0 fully saturated rings. The summed E-state index contributed by atoms with van der Waals surface area (Å²) in [6.45, 7) is 2.04. The normalized spacial score (nSPS) is 14.0. The van der Waals surface area contributed by atoms with Gasteiger partial charge in [0.25, 0.3) is 0 Å². The first-order valence-corrected chi connectivity index (χ1v) is 10.1. The third-order valence-electron chi connectivity index (χ3n) is 5.02. The van der Waals surface area contributed by atoms with Gasteiger partial charge in [-0.25, -0.2) is 13.1 Å². The second kappa shape index (κ2) is 5.66. The third-order valence-corrected chi connectivity index (χ3v) is 6.87. The maximum Gasteiger partial charge on any atom is 0.207 e. The maximum absolute atomic E-state index is 12.9. The average molecular weight is 372 g/mol. The number of para-hydroxylation sites is 1. The van der Waals surface area contributed by atoms with Crippen LogP contribution in [0.25, 0.3) is 27.9 Å². The van der Waals surface area contributed by atoms with Crippen LogP contribution in [0.5, 0.6) is 0 Å². The molecule has 1 aliphatic heterocycles. The van der Waals surface area contributed by atoms with Crippen molar-refractivity contribution in [3.05, 3.63) is 84.7 Å². The highest BCUT2D eigenvalue weighted by molar-refractivity contribution is 7.92. The number of hydrogen-bond acceptors (Lipinski definition) is 3. The summed E-state index contributed by atoms with van der Waals surface area (Å²) in [6.07, 6.45) is 3.70. The number of aromatic nitrogens is 2. The number of aryl methyl sites for hydroxylation is 1. The van der Waals surface area contributed by atoms with Gasteiger partial charge in [-0.1, -0.05) is 48.5 Å². The van der Waals surface area contributed by atoms with E-state index in [9.17, 15) is 8.42 Å². The van der Waals surface area contributed by atoms with Crippen molar-refractivity contribution >= 4 is 9.84 Å². The van der Waals surface area contributed by atoms with Crippen LogP contribution in [0.15, 0.2) is 88.9 Å². The van der Waals surface area contributed by atoms with Gasteiger partial charge < -0.3 is 0 Å². The summed E-state index contributed by atoms with van der Waals surface area (Å²) < 4.78 is 27.6. The molecule has 0 spiro atoms. The number of fused-ring (bicyclic) bond motifs is 3. The van der Waals surface area contributed by atoms with E-state index >= 15 is 0 Å². The molecule has 0 saturated heterocycles. The second-order valence-electron chi connectivity index (χ2n) is 6.67. The molecule has 1 aromatic heterocycles. The smallest absolute Gasteiger partial charge is 0.207 e. The minimum absolute atomic E-state index is 0.366. The molecular weight excluding hydrogens is 356 g/mol. The highest BCUT2D eigenvalue weighted by Crippen LogP contribution is 2.44. The zero-order chi connectivity index (χ0) is 18.6. The molecule has 4 nitrogen and oxygen atoms in total. The topological polar surface area (TPSA) is 52.0 Å². The van der Waals surface area contributed by atoms with Crippen molar-refractivity contribution in [1.29, 1.82) is 0 Å². The Morgan fingerprint density at radius 3 is 2.41 bits per heavy atom. The summed E-state index contributed by atoms with van der Waals surface area (Å²) >= 11 is 0. The van der Waals surface area contributed by atoms with Crippen LogP contribution in [0.3, 0.4) is 0 Å². The molecule has 1 aliphatic rings. The van der Waals surface area contributed by atoms with Crippen LogP contribution in [0.1, 0.15) is 5.56 Å². The van der Waals surface area contributed by atoms with Gasteiger partial charge in [0, 0.05) is 22.9 Å². The van der Waals surface area contributed by atoms with E-state index in [0.29, 0.717) is 9.79 Å². The van der Waals surface area contributed by atoms with Gasteiger partial charge in [-0.2, -0.15) is 5.10 Å². The van der Waals surface area contributed by atoms with E-state index in [1.165, 1.54) is 0 Å². The van der Waals surface area contributed by atoms with Gasteiger partial charge in [0.2, 0.25) is 9.84 Å². The van der Waals surface area contributed by atoms with E-state index in [0.717, 1.165) is 33.5 Å². The Kier molecular flexibility index (Phi) is 3.36. The first-order valence-electron chi connectivity index (χ1n) is 8.65. The SMILES string of the molecule is Cc1ccccc1-n1cc(-c2ccc3c(c2)S(=O)(=O)c2ccccc2-3)cn1. The Labute approximate surface area is 157 Å². The Balaban J connectivity index is 1.62. The van der Waals surface area contributed by atoms with Crippen molar-refractivity contribution in [3.63, 3.8) is 0 Å². The fraction of sp³-hybridized carbons (Fsp3) is 0.0455. The van der Waals surface area contributed by atoms with Crippen molar-refractivity contribution in [2.45, 2.75) is 16.7 Å². The van der Waals surface area contributed by atoms with Crippen LogP contribution in [0.4, 0.5) is 0 Å². The van der Waals surface area contributed by atoms with Crippen molar-refractivity contribution in [2.24, 2.45) is 0 Å². The molecule has 132 valence electrons. The Bertz CT molecular complexity index is 1300. The summed E-state index contributed by atoms with van der Waals surface area (Å²) in [5.41, 5.74) is 5.39. The van der Waals surface area contributed by atoms with Gasteiger partial charge in [0.15, 0.2) is 0 Å². The predicted molar refractivity (Wildman–Crippen MR) is 105 cm³/mol. The fourth-order valence-corrected chi connectivity index (χ4v) is 5.32. The lowest BCUT2D eigenvalue weighted by atomic mass is 10.0. The lowest BCUT2D eigenvalue weighted by Gasteiger charge is -2.05. The molecule has 0 saturated carbocycles. The van der Waals surface area contributed by atoms with Gasteiger partial charge >= 0.3 is 0 Å². The van der Waals surface area contributed by atoms with E-state index < -0.39 is 9.84 Å². The van der Waals surface area contributed by atoms with Gasteiger partial charge in [0.1, 0.15) is 0 Å². The van der Waals surface area contributed by atoms with Crippen LogP contribution in [-0.4, -0.2) is 18.2 Å². The van der Waals surface area contributed by atoms with Crippen molar-refractivity contribution in [3.8, 4) is 27.9 Å². The number of rotatable bonds is 2. The van der Waals surface area contributed by atoms with Crippen molar-refractivity contribution < 1.29 is 8.42 Å². The number of sulfone groups is 1. The summed E-state index contributed by atoms with van der Waals surface area (Å²) in [7, 11) is -3.47. The summed E-state index contributed by atoms with van der Waals surface area (Å²) in [5, 5.41) is 4.46. The lowest BCUT2D eigenvalue weighted by molar-refractivity contribution is 0.598. The van der Waals surface area contributed by atoms with Crippen LogP contribution in [-0.2, 0) is 9.84 Å². The molecule has 3 aromatic carbocycles. The molecule has 0 amide bonds. The summed E-state index contributed by atoms with van der Waals surface area (Å²) in [4.78, 5) is 0.748. The van der Waals surface area contributed by atoms with Crippen LogP contribution < -0.4 is 0 Å². The molecule has 0 bridgehead atoms. The largest absolute Gasteiger partial charge is 0.240 e. The summed E-state index contributed by atoms with van der Waals surface area (Å²) in [5.74, 6) is 0. The van der Waals surface area contributed by atoms with Gasteiger partial charge in [0.05, 0.1) is 21.7 Å². The van der Waals surface area contributed by atoms with E-state index in [1.807, 2.05) is 66.3 Å². The molecule has 0 atom stereocenters. The van der Waals surface area contributed by atoms with E-state index in [1.54, 1.807) is 24.4 Å². The van der Waals surface area contributed by atoms with E-state index in [2.05, 4.69) is 5.10 Å².